The molecule has 0 aliphatic carbocycles. The Hall–Kier alpha value is -1.68. The summed E-state index contributed by atoms with van der Waals surface area (Å²) in [5.41, 5.74) is -0.0241. The van der Waals surface area contributed by atoms with E-state index in [-0.39, 0.29) is 23.7 Å². The second kappa shape index (κ2) is 5.98. The van der Waals surface area contributed by atoms with Crippen molar-refractivity contribution in [1.29, 1.82) is 0 Å². The van der Waals surface area contributed by atoms with Crippen molar-refractivity contribution in [2.24, 2.45) is 0 Å². The number of alkyl halides is 1. The van der Waals surface area contributed by atoms with Crippen molar-refractivity contribution < 1.29 is 22.7 Å². The summed E-state index contributed by atoms with van der Waals surface area (Å²) < 4.78 is 28.4. The van der Waals surface area contributed by atoms with E-state index in [0.717, 1.165) is 4.68 Å². The molecule has 11 heteroatoms. The summed E-state index contributed by atoms with van der Waals surface area (Å²) in [5, 5.41) is 9.03. The molecule has 0 bridgehead atoms. The number of carbonyl (C=O) groups excluding carboxylic acids is 2. The summed E-state index contributed by atoms with van der Waals surface area (Å²) in [6.07, 6.45) is 1.26. The van der Waals surface area contributed by atoms with Crippen LogP contribution in [-0.2, 0) is 25.9 Å². The lowest BCUT2D eigenvalue weighted by molar-refractivity contribution is -0.122. The van der Waals surface area contributed by atoms with E-state index in [2.05, 4.69) is 20.4 Å². The van der Waals surface area contributed by atoms with Gasteiger partial charge in [0.2, 0.25) is 5.91 Å². The van der Waals surface area contributed by atoms with Crippen LogP contribution in [0, 0.1) is 0 Å². The molecule has 1 fully saturated rings. The van der Waals surface area contributed by atoms with Crippen molar-refractivity contribution >= 4 is 33.3 Å². The Bertz CT molecular complexity index is 658. The summed E-state index contributed by atoms with van der Waals surface area (Å²) in [4.78, 5) is 23.0. The number of amides is 1. The average Bonchev–Trinajstić information content (AvgIpc) is 2.93. The number of halogens is 1. The zero-order valence-electron chi connectivity index (χ0n) is 11.0. The molecule has 1 saturated heterocycles. The lowest BCUT2D eigenvalue weighted by atomic mass is 10.2. The molecule has 2 unspecified atom stereocenters. The first-order chi connectivity index (χ1) is 9.80. The number of hydrogen-bond acceptors (Lipinski definition) is 7. The predicted molar refractivity (Wildman–Crippen MR) is 71.6 cm³/mol. The number of rotatable bonds is 4. The van der Waals surface area contributed by atoms with Gasteiger partial charge in [-0.25, -0.2) is 17.9 Å². The van der Waals surface area contributed by atoms with Crippen molar-refractivity contribution in [3.63, 3.8) is 0 Å². The van der Waals surface area contributed by atoms with Gasteiger partial charge in [0.1, 0.15) is 6.54 Å². The normalized spacial score (nSPS) is 23.7. The minimum Gasteiger partial charge on any atom is -0.464 e. The molecular weight excluding hydrogens is 324 g/mol. The number of aromatic nitrogens is 3. The molecule has 1 aromatic heterocycles. The molecule has 0 spiro atoms. The van der Waals surface area contributed by atoms with E-state index in [0.29, 0.717) is 0 Å². The molecule has 21 heavy (non-hydrogen) atoms. The van der Waals surface area contributed by atoms with Crippen molar-refractivity contribution in [3.8, 4) is 0 Å². The highest BCUT2D eigenvalue weighted by atomic mass is 35.5. The number of nitrogens with zero attached hydrogens (tertiary/aromatic N) is 3. The molecule has 1 N–H and O–H groups in total. The minimum absolute atomic E-state index is 0.0241. The number of esters is 1. The Morgan fingerprint density at radius 1 is 1.52 bits per heavy atom. The van der Waals surface area contributed by atoms with E-state index in [1.54, 1.807) is 0 Å². The molecular formula is C10H13ClN4O5S. The molecule has 1 amide bonds. The first kappa shape index (κ1) is 15.7. The van der Waals surface area contributed by atoms with Crippen LogP contribution in [0.2, 0.25) is 0 Å². The first-order valence-corrected chi connectivity index (χ1v) is 8.19. The van der Waals surface area contributed by atoms with Crippen molar-refractivity contribution in [1.82, 2.24) is 20.3 Å². The second-order valence-electron chi connectivity index (χ2n) is 4.56. The van der Waals surface area contributed by atoms with Crippen LogP contribution in [0.25, 0.3) is 0 Å². The second-order valence-corrected chi connectivity index (χ2v) is 7.27. The number of sulfone groups is 1. The summed E-state index contributed by atoms with van der Waals surface area (Å²) in [6, 6.07) is -0.632. The maximum absolute atomic E-state index is 11.8. The SMILES string of the molecule is COC(=O)c1cn(CC(=O)NC2CS(=O)(=O)CC2Cl)nn1. The molecule has 116 valence electrons. The zero-order valence-corrected chi connectivity index (χ0v) is 12.6. The van der Waals surface area contributed by atoms with Gasteiger partial charge in [-0.1, -0.05) is 5.21 Å². The van der Waals surface area contributed by atoms with E-state index in [9.17, 15) is 18.0 Å². The largest absolute Gasteiger partial charge is 0.464 e. The highest BCUT2D eigenvalue weighted by molar-refractivity contribution is 7.91. The summed E-state index contributed by atoms with van der Waals surface area (Å²) in [6.45, 7) is -0.204. The summed E-state index contributed by atoms with van der Waals surface area (Å²) >= 11 is 5.88. The van der Waals surface area contributed by atoms with Gasteiger partial charge in [-0.05, 0) is 0 Å². The maximum Gasteiger partial charge on any atom is 0.360 e. The molecule has 9 nitrogen and oxygen atoms in total. The number of hydrogen-bond donors (Lipinski definition) is 1. The molecule has 2 rings (SSSR count). The van der Waals surface area contributed by atoms with Crippen LogP contribution in [0.1, 0.15) is 10.5 Å². The first-order valence-electron chi connectivity index (χ1n) is 5.93. The highest BCUT2D eigenvalue weighted by Gasteiger charge is 2.37. The molecule has 1 aromatic rings. The Kier molecular flexibility index (Phi) is 4.47. The summed E-state index contributed by atoms with van der Waals surface area (Å²) in [5.74, 6) is -1.47. The third-order valence-electron chi connectivity index (χ3n) is 2.87. The number of methoxy groups -OCH3 is 1. The van der Waals surface area contributed by atoms with Gasteiger partial charge in [-0.15, -0.1) is 16.7 Å². The smallest absolute Gasteiger partial charge is 0.360 e. The van der Waals surface area contributed by atoms with E-state index in [4.69, 9.17) is 11.6 Å². The van der Waals surface area contributed by atoms with E-state index in [1.807, 2.05) is 0 Å². The van der Waals surface area contributed by atoms with Gasteiger partial charge in [0.15, 0.2) is 15.5 Å². The van der Waals surface area contributed by atoms with E-state index >= 15 is 0 Å². The van der Waals surface area contributed by atoms with Crippen molar-refractivity contribution in [3.05, 3.63) is 11.9 Å². The van der Waals surface area contributed by atoms with Crippen LogP contribution in [-0.4, -0.2) is 65.3 Å². The number of ether oxygens (including phenoxy) is 1. The Morgan fingerprint density at radius 2 is 2.24 bits per heavy atom. The molecule has 0 aromatic carbocycles. The van der Waals surface area contributed by atoms with Gasteiger partial charge in [-0.3, -0.25) is 4.79 Å². The topological polar surface area (TPSA) is 120 Å². The van der Waals surface area contributed by atoms with E-state index < -0.39 is 33.1 Å². The fourth-order valence-corrected chi connectivity index (χ4v) is 4.46. The standard InChI is InChI=1S/C10H13ClN4O5S/c1-20-10(17)7-2-15(14-13-7)3-9(16)12-8-5-21(18,19)4-6(8)11/h2,6,8H,3-5H2,1H3,(H,12,16). The van der Waals surface area contributed by atoms with Gasteiger partial charge in [-0.2, -0.15) is 0 Å². The monoisotopic (exact) mass is 336 g/mol. The number of carbonyl (C=O) groups is 2. The fourth-order valence-electron chi connectivity index (χ4n) is 1.91. The maximum atomic E-state index is 11.8. The van der Waals surface area contributed by atoms with Gasteiger partial charge in [0.05, 0.1) is 36.2 Å². The molecule has 2 heterocycles. The minimum atomic E-state index is -3.22. The van der Waals surface area contributed by atoms with Crippen LogP contribution >= 0.6 is 11.6 Å². The molecule has 0 radical (unpaired) electrons. The fraction of sp³-hybridized carbons (Fsp3) is 0.600. The molecule has 2 atom stereocenters. The molecule has 0 saturated carbocycles. The van der Waals surface area contributed by atoms with Crippen LogP contribution in [0.5, 0.6) is 0 Å². The van der Waals surface area contributed by atoms with Crippen LogP contribution in [0.3, 0.4) is 0 Å². The lowest BCUT2D eigenvalue weighted by Gasteiger charge is -2.13. The third-order valence-corrected chi connectivity index (χ3v) is 5.24. The van der Waals surface area contributed by atoms with Gasteiger partial charge in [0.25, 0.3) is 0 Å². The molecule has 1 aliphatic heterocycles. The Balaban J connectivity index is 1.93. The Labute approximate surface area is 125 Å². The van der Waals surface area contributed by atoms with E-state index in [1.165, 1.54) is 13.3 Å². The van der Waals surface area contributed by atoms with Gasteiger partial charge >= 0.3 is 5.97 Å². The van der Waals surface area contributed by atoms with Crippen LogP contribution in [0.4, 0.5) is 0 Å². The van der Waals surface area contributed by atoms with Crippen LogP contribution in [0.15, 0.2) is 6.20 Å². The van der Waals surface area contributed by atoms with Crippen molar-refractivity contribution in [2.45, 2.75) is 18.0 Å². The zero-order chi connectivity index (χ0) is 15.6. The highest BCUT2D eigenvalue weighted by Crippen LogP contribution is 2.17. The summed E-state index contributed by atoms with van der Waals surface area (Å²) in [7, 11) is -2.01. The molecule has 1 aliphatic rings. The van der Waals surface area contributed by atoms with Gasteiger partial charge in [0, 0.05) is 0 Å². The quantitative estimate of drug-likeness (QED) is 0.529. The Morgan fingerprint density at radius 3 is 2.81 bits per heavy atom. The average molecular weight is 337 g/mol. The lowest BCUT2D eigenvalue weighted by Crippen LogP contribution is -2.42. The third kappa shape index (κ3) is 3.91. The predicted octanol–water partition coefficient (Wildman–Crippen LogP) is -1.41. The van der Waals surface area contributed by atoms with Crippen molar-refractivity contribution in [2.75, 3.05) is 18.6 Å². The number of nitrogens with one attached hydrogen (secondary N) is 1. The van der Waals surface area contributed by atoms with Crippen LogP contribution < -0.4 is 5.32 Å². The van der Waals surface area contributed by atoms with Gasteiger partial charge < -0.3 is 10.1 Å².